The van der Waals surface area contributed by atoms with Crippen LogP contribution in [0.25, 0.3) is 0 Å². The normalized spacial score (nSPS) is 12.3. The van der Waals surface area contributed by atoms with Crippen LogP contribution in [0.5, 0.6) is 0 Å². The number of carbonyl (C=O) groups is 1. The smallest absolute Gasteiger partial charge is 0.314 e. The Morgan fingerprint density at radius 2 is 2.27 bits per heavy atom. The van der Waals surface area contributed by atoms with Crippen LogP contribution in [0, 0.1) is 6.92 Å². The first-order valence-corrected chi connectivity index (χ1v) is 5.43. The van der Waals surface area contributed by atoms with E-state index < -0.39 is 0 Å². The van der Waals surface area contributed by atoms with Gasteiger partial charge in [0.15, 0.2) is 0 Å². The van der Waals surface area contributed by atoms with Crippen LogP contribution in [0.2, 0.25) is 0 Å². The average Bonchev–Trinajstić information content (AvgIpc) is 2.23. The van der Waals surface area contributed by atoms with Crippen LogP contribution in [0.15, 0.2) is 22.7 Å². The van der Waals surface area contributed by atoms with Crippen molar-refractivity contribution in [3.05, 3.63) is 33.8 Å². The van der Waals surface area contributed by atoms with Crippen LogP contribution in [0.1, 0.15) is 17.0 Å². The van der Waals surface area contributed by atoms with Gasteiger partial charge in [0, 0.05) is 11.0 Å². The molecule has 0 aliphatic carbocycles. The van der Waals surface area contributed by atoms with Gasteiger partial charge in [0.05, 0.1) is 13.0 Å². The van der Waals surface area contributed by atoms with E-state index in [1.807, 2.05) is 25.1 Å². The first-order chi connectivity index (χ1) is 7.10. The Morgan fingerprint density at radius 3 is 2.80 bits per heavy atom. The van der Waals surface area contributed by atoms with E-state index >= 15 is 0 Å². The minimum atomic E-state index is -0.382. The van der Waals surface area contributed by atoms with Crippen molar-refractivity contribution >= 4 is 21.9 Å². The summed E-state index contributed by atoms with van der Waals surface area (Å²) in [6, 6.07) is 5.79. The molecule has 1 rings (SSSR count). The van der Waals surface area contributed by atoms with Gasteiger partial charge in [0.2, 0.25) is 0 Å². The Labute approximate surface area is 97.7 Å². The average molecular weight is 272 g/mol. The van der Waals surface area contributed by atoms with Gasteiger partial charge in [-0.1, -0.05) is 22.0 Å². The number of benzene rings is 1. The number of ether oxygens (including phenoxy) is 1. The number of aryl methyl sites for hydroxylation is 1. The first-order valence-electron chi connectivity index (χ1n) is 4.64. The van der Waals surface area contributed by atoms with Gasteiger partial charge in [-0.3, -0.25) is 4.79 Å². The van der Waals surface area contributed by atoms with Gasteiger partial charge < -0.3 is 10.5 Å². The fourth-order valence-corrected chi connectivity index (χ4v) is 1.86. The van der Waals surface area contributed by atoms with E-state index in [0.29, 0.717) is 0 Å². The van der Waals surface area contributed by atoms with Crippen molar-refractivity contribution in [2.24, 2.45) is 5.73 Å². The zero-order valence-electron chi connectivity index (χ0n) is 8.79. The van der Waals surface area contributed by atoms with Gasteiger partial charge in [-0.15, -0.1) is 0 Å². The molecule has 0 saturated heterocycles. The molecule has 4 heteroatoms. The van der Waals surface area contributed by atoms with Gasteiger partial charge in [-0.2, -0.15) is 0 Å². The Bertz CT molecular complexity index is 366. The highest BCUT2D eigenvalue weighted by Crippen LogP contribution is 2.24. The van der Waals surface area contributed by atoms with Gasteiger partial charge in [-0.25, -0.2) is 0 Å². The van der Waals surface area contributed by atoms with Crippen LogP contribution in [-0.2, 0) is 9.53 Å². The van der Waals surface area contributed by atoms with E-state index in [0.717, 1.165) is 15.6 Å². The third kappa shape index (κ3) is 2.79. The molecule has 0 aliphatic rings. The van der Waals surface area contributed by atoms with Crippen molar-refractivity contribution in [2.45, 2.75) is 12.8 Å². The van der Waals surface area contributed by atoms with Crippen LogP contribution < -0.4 is 5.73 Å². The molecule has 15 heavy (non-hydrogen) atoms. The van der Waals surface area contributed by atoms with E-state index in [4.69, 9.17) is 10.5 Å². The maximum atomic E-state index is 11.5. The molecule has 0 saturated carbocycles. The van der Waals surface area contributed by atoms with Crippen LogP contribution in [-0.4, -0.2) is 19.6 Å². The molecule has 0 amide bonds. The van der Waals surface area contributed by atoms with Crippen molar-refractivity contribution in [1.29, 1.82) is 0 Å². The first kappa shape index (κ1) is 12.2. The summed E-state index contributed by atoms with van der Waals surface area (Å²) in [5, 5.41) is 0. The van der Waals surface area contributed by atoms with E-state index in [1.54, 1.807) is 0 Å². The Balaban J connectivity index is 3.11. The number of esters is 1. The van der Waals surface area contributed by atoms with Crippen molar-refractivity contribution in [1.82, 2.24) is 0 Å². The second-order valence-corrected chi connectivity index (χ2v) is 4.23. The fourth-order valence-electron chi connectivity index (χ4n) is 1.48. The van der Waals surface area contributed by atoms with Crippen LogP contribution >= 0.6 is 15.9 Å². The van der Waals surface area contributed by atoms with E-state index in [9.17, 15) is 4.79 Å². The molecule has 1 aromatic rings. The standard InChI is InChI=1S/C11H14BrNO2/c1-7-3-4-8(12)5-9(7)10(6-13)11(14)15-2/h3-5,10H,6,13H2,1-2H3. The molecule has 0 heterocycles. The van der Waals surface area contributed by atoms with Crippen molar-refractivity contribution in [3.63, 3.8) is 0 Å². The highest BCUT2D eigenvalue weighted by Gasteiger charge is 2.21. The molecule has 0 radical (unpaired) electrons. The molecule has 3 nitrogen and oxygen atoms in total. The zero-order valence-corrected chi connectivity index (χ0v) is 10.4. The Morgan fingerprint density at radius 1 is 1.60 bits per heavy atom. The molecule has 2 N–H and O–H groups in total. The van der Waals surface area contributed by atoms with Gasteiger partial charge in [-0.05, 0) is 30.2 Å². The maximum absolute atomic E-state index is 11.5. The third-order valence-electron chi connectivity index (χ3n) is 2.34. The van der Waals surface area contributed by atoms with Crippen molar-refractivity contribution < 1.29 is 9.53 Å². The summed E-state index contributed by atoms with van der Waals surface area (Å²) < 4.78 is 5.65. The zero-order chi connectivity index (χ0) is 11.4. The maximum Gasteiger partial charge on any atom is 0.314 e. The lowest BCUT2D eigenvalue weighted by Gasteiger charge is -2.15. The van der Waals surface area contributed by atoms with Crippen LogP contribution in [0.3, 0.4) is 0 Å². The molecular weight excluding hydrogens is 258 g/mol. The highest BCUT2D eigenvalue weighted by molar-refractivity contribution is 9.10. The molecule has 1 aromatic carbocycles. The number of nitrogens with two attached hydrogens (primary N) is 1. The summed E-state index contributed by atoms with van der Waals surface area (Å²) in [4.78, 5) is 11.5. The van der Waals surface area contributed by atoms with Crippen molar-refractivity contribution in [3.8, 4) is 0 Å². The van der Waals surface area contributed by atoms with Gasteiger partial charge in [0.1, 0.15) is 0 Å². The summed E-state index contributed by atoms with van der Waals surface area (Å²) in [7, 11) is 1.37. The molecule has 0 spiro atoms. The number of rotatable bonds is 3. The minimum Gasteiger partial charge on any atom is -0.469 e. The molecule has 1 unspecified atom stereocenters. The Hall–Kier alpha value is -0.870. The number of carbonyl (C=O) groups excluding carboxylic acids is 1. The molecule has 1 atom stereocenters. The predicted molar refractivity (Wildman–Crippen MR) is 62.7 cm³/mol. The summed E-state index contributed by atoms with van der Waals surface area (Å²) in [6.07, 6.45) is 0. The molecular formula is C11H14BrNO2. The number of methoxy groups -OCH3 is 1. The number of hydrogen-bond acceptors (Lipinski definition) is 3. The second-order valence-electron chi connectivity index (χ2n) is 3.31. The second kappa shape index (κ2) is 5.28. The fraction of sp³-hybridized carbons (Fsp3) is 0.364. The lowest BCUT2D eigenvalue weighted by atomic mass is 9.95. The lowest BCUT2D eigenvalue weighted by Crippen LogP contribution is -2.23. The minimum absolute atomic E-state index is 0.254. The molecule has 0 aromatic heterocycles. The summed E-state index contributed by atoms with van der Waals surface area (Å²) >= 11 is 3.37. The summed E-state index contributed by atoms with van der Waals surface area (Å²) in [5.74, 6) is -0.675. The summed E-state index contributed by atoms with van der Waals surface area (Å²) in [6.45, 7) is 2.21. The molecule has 0 fully saturated rings. The number of halogens is 1. The van der Waals surface area contributed by atoms with Crippen LogP contribution in [0.4, 0.5) is 0 Å². The SMILES string of the molecule is COC(=O)C(CN)c1cc(Br)ccc1C. The third-order valence-corrected chi connectivity index (χ3v) is 2.83. The van der Waals surface area contributed by atoms with E-state index in [1.165, 1.54) is 7.11 Å². The van der Waals surface area contributed by atoms with Gasteiger partial charge in [0.25, 0.3) is 0 Å². The van der Waals surface area contributed by atoms with E-state index in [2.05, 4.69) is 15.9 Å². The Kier molecular flexibility index (Phi) is 4.29. The molecule has 0 aliphatic heterocycles. The largest absolute Gasteiger partial charge is 0.469 e. The topological polar surface area (TPSA) is 52.3 Å². The van der Waals surface area contributed by atoms with E-state index in [-0.39, 0.29) is 18.4 Å². The molecule has 82 valence electrons. The molecule has 0 bridgehead atoms. The van der Waals surface area contributed by atoms with Gasteiger partial charge >= 0.3 is 5.97 Å². The quantitative estimate of drug-likeness (QED) is 0.856. The predicted octanol–water partition coefficient (Wildman–Crippen LogP) is 1.97. The lowest BCUT2D eigenvalue weighted by molar-refractivity contribution is -0.142. The van der Waals surface area contributed by atoms with Crippen molar-refractivity contribution in [2.75, 3.05) is 13.7 Å². The summed E-state index contributed by atoms with van der Waals surface area (Å²) in [5.41, 5.74) is 7.54. The monoisotopic (exact) mass is 271 g/mol. The highest BCUT2D eigenvalue weighted by atomic mass is 79.9. The number of hydrogen-bond donors (Lipinski definition) is 1.